The fourth-order valence-electron chi connectivity index (χ4n) is 4.11. The van der Waals surface area contributed by atoms with Gasteiger partial charge in [0.2, 0.25) is 16.8 Å². The maximum Gasteiger partial charge on any atom is 0.418 e. The second-order valence-electron chi connectivity index (χ2n) is 8.98. The van der Waals surface area contributed by atoms with E-state index in [1.165, 1.54) is 6.26 Å². The van der Waals surface area contributed by atoms with Crippen molar-refractivity contribution in [2.75, 3.05) is 25.5 Å². The molecule has 0 radical (unpaired) electrons. The molecule has 0 bridgehead atoms. The number of alkyl halides is 3. The number of aromatic nitrogens is 4. The molecule has 0 saturated carbocycles. The van der Waals surface area contributed by atoms with Crippen LogP contribution in [0, 0.1) is 11.6 Å². The zero-order valence-corrected chi connectivity index (χ0v) is 21.9. The van der Waals surface area contributed by atoms with E-state index >= 15 is 8.78 Å². The Kier molecular flexibility index (Phi) is 7.51. The summed E-state index contributed by atoms with van der Waals surface area (Å²) in [6.07, 6.45) is -2.60. The van der Waals surface area contributed by atoms with Gasteiger partial charge in [0, 0.05) is 23.1 Å². The fraction of sp³-hybridized carbons (Fsp3) is 0.269. The molecule has 3 N–H and O–H groups in total. The first-order valence-electron chi connectivity index (χ1n) is 12.2. The van der Waals surface area contributed by atoms with Gasteiger partial charge < -0.3 is 19.8 Å². The molecule has 0 aliphatic carbocycles. The molecule has 0 saturated heterocycles. The minimum atomic E-state index is -4.70. The Hall–Kier alpha value is -3.97. The second kappa shape index (κ2) is 10.9. The Bertz CT molecular complexity index is 1660. The molecule has 0 unspecified atom stereocenters. The molecular weight excluding hydrogens is 559 g/mol. The van der Waals surface area contributed by atoms with Gasteiger partial charge >= 0.3 is 12.0 Å². The van der Waals surface area contributed by atoms with E-state index in [9.17, 15) is 13.2 Å². The summed E-state index contributed by atoms with van der Waals surface area (Å²) in [5, 5.41) is 8.40. The number of H-pyrrole nitrogens is 1. The lowest BCUT2D eigenvalue weighted by atomic mass is 10.1. The molecule has 8 nitrogen and oxygen atoms in total. The lowest BCUT2D eigenvalue weighted by Gasteiger charge is -2.18. The number of fused-ring (bicyclic) bond motifs is 2. The molecular formula is C26H23ClF5N6O2+. The Balaban J connectivity index is 1.65. The van der Waals surface area contributed by atoms with Crippen LogP contribution in [0.5, 0.6) is 5.75 Å². The first-order valence-corrected chi connectivity index (χ1v) is 12.5. The number of anilines is 1. The highest BCUT2D eigenvalue weighted by Gasteiger charge is 2.40. The van der Waals surface area contributed by atoms with Crippen molar-refractivity contribution in [2.24, 2.45) is 0 Å². The molecule has 210 valence electrons. The number of furan rings is 1. The van der Waals surface area contributed by atoms with E-state index in [0.717, 1.165) is 29.0 Å². The van der Waals surface area contributed by atoms with Crippen molar-refractivity contribution in [2.45, 2.75) is 25.6 Å². The highest BCUT2D eigenvalue weighted by Crippen LogP contribution is 2.38. The minimum Gasteiger partial charge on any atom is -0.493 e. The molecule has 3 aromatic heterocycles. The van der Waals surface area contributed by atoms with E-state index < -0.39 is 40.1 Å². The van der Waals surface area contributed by atoms with Crippen LogP contribution in [0.15, 0.2) is 47.1 Å². The first-order chi connectivity index (χ1) is 19.1. The van der Waals surface area contributed by atoms with E-state index in [1.54, 1.807) is 31.3 Å². The maximum atomic E-state index is 15.4. The summed E-state index contributed by atoms with van der Waals surface area (Å²) in [6.45, 7) is 1.69. The van der Waals surface area contributed by atoms with Crippen molar-refractivity contribution in [1.29, 1.82) is 0 Å². The zero-order valence-electron chi connectivity index (χ0n) is 21.2. The first kappa shape index (κ1) is 27.6. The Morgan fingerprint density at radius 1 is 1.10 bits per heavy atom. The number of nitrogens with one attached hydrogen (secondary N) is 3. The standard InChI is InChI=1S/C26H22ClF5N6O2/c1-13(26(30,31)32)34-24-21(20-17(28)11-16(12-18(20)29)39-8-3-7-33-2)22(27)35-25-36-23(37-38(24)25)15-4-5-19-14(10-15)6-9-40-19/h4-6,9-13,33H,3,7-8H2,1-2H3,(H,34,35,36,37)/p+1/t13-/m0/s1. The largest absolute Gasteiger partial charge is 0.493 e. The van der Waals surface area contributed by atoms with Gasteiger partial charge in [0.25, 0.3) is 0 Å². The van der Waals surface area contributed by atoms with Crippen LogP contribution in [-0.4, -0.2) is 47.5 Å². The van der Waals surface area contributed by atoms with Crippen molar-refractivity contribution in [1.82, 2.24) is 20.4 Å². The van der Waals surface area contributed by atoms with E-state index in [1.807, 2.05) is 0 Å². The van der Waals surface area contributed by atoms with E-state index in [0.29, 0.717) is 24.1 Å². The minimum absolute atomic E-state index is 0.0794. The molecule has 0 aliphatic rings. The Morgan fingerprint density at radius 3 is 2.55 bits per heavy atom. The van der Waals surface area contributed by atoms with Crippen molar-refractivity contribution in [3.8, 4) is 28.3 Å². The van der Waals surface area contributed by atoms with Gasteiger partial charge in [-0.2, -0.15) is 13.2 Å². The smallest absolute Gasteiger partial charge is 0.418 e. The van der Waals surface area contributed by atoms with Gasteiger partial charge in [-0.3, -0.25) is 0 Å². The number of ether oxygens (including phenoxy) is 1. The number of halogens is 6. The quantitative estimate of drug-likeness (QED) is 0.0868. The molecule has 0 fully saturated rings. The third kappa shape index (κ3) is 5.39. The lowest BCUT2D eigenvalue weighted by molar-refractivity contribution is -0.564. The highest BCUT2D eigenvalue weighted by molar-refractivity contribution is 6.32. The van der Waals surface area contributed by atoms with Gasteiger partial charge in [0.1, 0.15) is 28.5 Å². The highest BCUT2D eigenvalue weighted by atomic mass is 35.5. The molecule has 5 aromatic rings. The van der Waals surface area contributed by atoms with Gasteiger partial charge in [0.15, 0.2) is 6.04 Å². The summed E-state index contributed by atoms with van der Waals surface area (Å²) >= 11 is 6.38. The predicted octanol–water partition coefficient (Wildman–Crippen LogP) is 5.91. The normalized spacial score (nSPS) is 12.8. The number of nitrogens with zero attached hydrogens (tertiary/aromatic N) is 3. The molecule has 2 aromatic carbocycles. The van der Waals surface area contributed by atoms with Crippen LogP contribution in [0.4, 0.5) is 27.8 Å². The fourth-order valence-corrected chi connectivity index (χ4v) is 4.37. The van der Waals surface area contributed by atoms with Crippen LogP contribution in [0.2, 0.25) is 5.15 Å². The van der Waals surface area contributed by atoms with Gasteiger partial charge in [-0.05, 0) is 62.8 Å². The third-order valence-electron chi connectivity index (χ3n) is 6.17. The Labute approximate surface area is 229 Å². The van der Waals surface area contributed by atoms with Crippen LogP contribution in [0.1, 0.15) is 13.3 Å². The summed E-state index contributed by atoms with van der Waals surface area (Å²) in [6, 6.07) is 6.63. The maximum absolute atomic E-state index is 15.4. The third-order valence-corrected chi connectivity index (χ3v) is 6.44. The summed E-state index contributed by atoms with van der Waals surface area (Å²) < 4.78 is 83.4. The summed E-state index contributed by atoms with van der Waals surface area (Å²) in [4.78, 5) is 8.49. The summed E-state index contributed by atoms with van der Waals surface area (Å²) in [5.74, 6) is -2.57. The van der Waals surface area contributed by atoms with Gasteiger partial charge in [-0.25, -0.2) is 13.9 Å². The number of aromatic amines is 1. The molecule has 5 rings (SSSR count). The average Bonchev–Trinajstić information content (AvgIpc) is 3.53. The second-order valence-corrected chi connectivity index (χ2v) is 9.34. The van der Waals surface area contributed by atoms with E-state index in [4.69, 9.17) is 20.8 Å². The van der Waals surface area contributed by atoms with Crippen LogP contribution in [-0.2, 0) is 0 Å². The number of benzene rings is 2. The van der Waals surface area contributed by atoms with E-state index in [-0.39, 0.29) is 29.8 Å². The molecule has 1 atom stereocenters. The lowest BCUT2D eigenvalue weighted by Crippen LogP contribution is -2.39. The van der Waals surface area contributed by atoms with Crippen LogP contribution in [0.3, 0.4) is 0 Å². The number of hydrogen-bond acceptors (Lipinski definition) is 6. The van der Waals surface area contributed by atoms with Crippen LogP contribution in [0.25, 0.3) is 39.3 Å². The van der Waals surface area contributed by atoms with Crippen molar-refractivity contribution >= 4 is 34.2 Å². The van der Waals surface area contributed by atoms with Crippen LogP contribution >= 0.6 is 11.6 Å². The van der Waals surface area contributed by atoms with Crippen molar-refractivity contribution < 1.29 is 35.6 Å². The Morgan fingerprint density at radius 2 is 1.85 bits per heavy atom. The SMILES string of the molecule is CNCCCOc1cc(F)c(-c2c(Cl)nc3nc(-c4ccc5occc5c4)[nH][n+]3c2N[C@@H](C)C(F)(F)F)c(F)c1. The molecule has 3 heterocycles. The summed E-state index contributed by atoms with van der Waals surface area (Å²) in [5.41, 5.74) is 0.0802. The topological polar surface area (TPSA) is 92.1 Å². The molecule has 0 aliphatic heterocycles. The van der Waals surface area contributed by atoms with Crippen molar-refractivity contribution in [3.05, 3.63) is 59.4 Å². The van der Waals surface area contributed by atoms with Crippen molar-refractivity contribution in [3.63, 3.8) is 0 Å². The average molecular weight is 582 g/mol. The molecule has 0 spiro atoms. The van der Waals surface area contributed by atoms with Gasteiger partial charge in [-0.15, -0.1) is 4.52 Å². The summed E-state index contributed by atoms with van der Waals surface area (Å²) in [7, 11) is 1.76. The monoisotopic (exact) mass is 581 g/mol. The van der Waals surface area contributed by atoms with Gasteiger partial charge in [0.05, 0.1) is 18.4 Å². The van der Waals surface area contributed by atoms with Crippen LogP contribution < -0.4 is 19.9 Å². The number of rotatable bonds is 9. The molecule has 40 heavy (non-hydrogen) atoms. The predicted molar refractivity (Wildman–Crippen MR) is 138 cm³/mol. The molecule has 14 heteroatoms. The van der Waals surface area contributed by atoms with Gasteiger partial charge in [-0.1, -0.05) is 9.97 Å². The van der Waals surface area contributed by atoms with E-state index in [2.05, 4.69) is 25.7 Å². The zero-order chi connectivity index (χ0) is 28.6. The molecule has 0 amide bonds. The number of hydrogen-bond donors (Lipinski definition) is 3.